The summed E-state index contributed by atoms with van der Waals surface area (Å²) in [6.45, 7) is 6.37. The second-order valence-electron chi connectivity index (χ2n) is 8.71. The fourth-order valence-electron chi connectivity index (χ4n) is 4.15. The first-order valence-corrected chi connectivity index (χ1v) is 11.5. The van der Waals surface area contributed by atoms with E-state index in [1.54, 1.807) is 12.1 Å². The van der Waals surface area contributed by atoms with Gasteiger partial charge in [-0.15, -0.1) is 0 Å². The Morgan fingerprint density at radius 1 is 1.17 bits per heavy atom. The van der Waals surface area contributed by atoms with Gasteiger partial charge in [0.25, 0.3) is 5.89 Å². The Balaban J connectivity index is 0.00000342. The van der Waals surface area contributed by atoms with Crippen molar-refractivity contribution in [3.05, 3.63) is 53.1 Å². The number of nitrogens with zero attached hydrogens (tertiary/aromatic N) is 4. The quantitative estimate of drug-likeness (QED) is 0.412. The number of rotatable bonds is 8. The molecule has 0 spiro atoms. The average molecular weight is 483 g/mol. The molecule has 0 fully saturated rings. The molecule has 0 saturated carbocycles. The molecule has 0 saturated heterocycles. The summed E-state index contributed by atoms with van der Waals surface area (Å²) in [5.41, 5.74) is 4.48. The zero-order valence-corrected chi connectivity index (χ0v) is 22.4. The van der Waals surface area contributed by atoms with Gasteiger partial charge in [-0.3, -0.25) is 0 Å². The van der Waals surface area contributed by atoms with Crippen molar-refractivity contribution in [2.45, 2.75) is 45.6 Å². The maximum Gasteiger partial charge on any atom is 1.00 e. The zero-order chi connectivity index (χ0) is 24.1. The third-order valence-corrected chi connectivity index (χ3v) is 5.85. The largest absolute Gasteiger partial charge is 1.00 e. The van der Waals surface area contributed by atoms with E-state index in [-0.39, 0.29) is 42.1 Å². The monoisotopic (exact) mass is 482 g/mol. The van der Waals surface area contributed by atoms with Crippen LogP contribution in [0.15, 0.2) is 40.9 Å². The summed E-state index contributed by atoms with van der Waals surface area (Å²) in [4.78, 5) is 17.5. The van der Waals surface area contributed by atoms with Gasteiger partial charge in [0.2, 0.25) is 5.82 Å². The molecule has 176 valence electrons. The van der Waals surface area contributed by atoms with Crippen LogP contribution in [-0.2, 0) is 17.6 Å². The van der Waals surface area contributed by atoms with Crippen molar-refractivity contribution in [2.24, 2.45) is 0 Å². The van der Waals surface area contributed by atoms with E-state index in [0.29, 0.717) is 35.0 Å². The molecular formula is C26H27N4NaO4. The topological polar surface area (TPSA) is 115 Å². The summed E-state index contributed by atoms with van der Waals surface area (Å²) in [5, 5.41) is 24.3. The molecule has 0 amide bonds. The van der Waals surface area contributed by atoms with Crippen molar-refractivity contribution >= 4 is 5.97 Å². The van der Waals surface area contributed by atoms with Crippen LogP contribution >= 0.6 is 0 Å². The van der Waals surface area contributed by atoms with Gasteiger partial charge < -0.3 is 24.1 Å². The van der Waals surface area contributed by atoms with Crippen molar-refractivity contribution in [3.8, 4) is 34.7 Å². The Hall–Kier alpha value is -2.70. The minimum absolute atomic E-state index is 0. The van der Waals surface area contributed by atoms with Crippen molar-refractivity contribution in [3.63, 3.8) is 0 Å². The number of aromatic nitrogens is 2. The number of ether oxygens (including phenoxy) is 1. The Morgan fingerprint density at radius 3 is 2.63 bits per heavy atom. The molecule has 9 heteroatoms. The number of aliphatic carboxylic acids is 1. The maximum atomic E-state index is 10.7. The number of benzene rings is 2. The second kappa shape index (κ2) is 12.3. The molecule has 3 aromatic rings. The normalized spacial score (nSPS) is 13.4. The first-order valence-electron chi connectivity index (χ1n) is 11.5. The van der Waals surface area contributed by atoms with Crippen LogP contribution in [0.3, 0.4) is 0 Å². The van der Waals surface area contributed by atoms with Crippen LogP contribution in [-0.4, -0.2) is 46.7 Å². The molecule has 2 heterocycles. The number of fused-ring (bicyclic) bond motifs is 1. The van der Waals surface area contributed by atoms with E-state index >= 15 is 0 Å². The molecule has 4 rings (SSSR count). The fourth-order valence-corrected chi connectivity index (χ4v) is 4.15. The van der Waals surface area contributed by atoms with Crippen LogP contribution in [0.1, 0.15) is 43.4 Å². The zero-order valence-electron chi connectivity index (χ0n) is 20.4. The molecule has 35 heavy (non-hydrogen) atoms. The number of carbonyl (C=O) groups is 1. The van der Waals surface area contributed by atoms with Crippen molar-refractivity contribution < 1.29 is 48.7 Å². The maximum absolute atomic E-state index is 10.7. The molecule has 0 aliphatic carbocycles. The van der Waals surface area contributed by atoms with Gasteiger partial charge in [0.05, 0.1) is 11.7 Å². The van der Waals surface area contributed by atoms with E-state index in [9.17, 15) is 15.2 Å². The Morgan fingerprint density at radius 2 is 1.91 bits per heavy atom. The number of hydrogen-bond donors (Lipinski definition) is 0. The van der Waals surface area contributed by atoms with Gasteiger partial charge in [-0.1, -0.05) is 17.3 Å². The molecule has 0 unspecified atom stereocenters. The van der Waals surface area contributed by atoms with Crippen LogP contribution in [0.5, 0.6) is 5.75 Å². The first kappa shape index (κ1) is 26.9. The summed E-state index contributed by atoms with van der Waals surface area (Å²) in [6.07, 6.45) is 2.46. The summed E-state index contributed by atoms with van der Waals surface area (Å²) >= 11 is 0. The van der Waals surface area contributed by atoms with Crippen LogP contribution in [0.2, 0.25) is 0 Å². The van der Waals surface area contributed by atoms with E-state index in [4.69, 9.17) is 9.26 Å². The first-order chi connectivity index (χ1) is 16.4. The summed E-state index contributed by atoms with van der Waals surface area (Å²) in [7, 11) is 0. The molecular weight excluding hydrogens is 455 g/mol. The van der Waals surface area contributed by atoms with Crippen LogP contribution in [0.25, 0.3) is 22.8 Å². The smallest absolute Gasteiger partial charge is 0.550 e. The molecule has 0 N–H and O–H groups in total. The van der Waals surface area contributed by atoms with Gasteiger partial charge >= 0.3 is 29.6 Å². The number of carboxylic acid groups (broad SMARTS) is 1. The third-order valence-electron chi connectivity index (χ3n) is 5.85. The van der Waals surface area contributed by atoms with Gasteiger partial charge in [0.15, 0.2) is 0 Å². The molecule has 8 nitrogen and oxygen atoms in total. The van der Waals surface area contributed by atoms with E-state index in [1.165, 1.54) is 11.1 Å². The summed E-state index contributed by atoms with van der Waals surface area (Å²) < 4.78 is 11.2. The standard InChI is InChI=1S/C26H28N4O4.Na/c1-17(2)33-23-8-7-21(15-22(23)16-27)26-28-25(29-34-26)20-6-5-18-9-12-30(11-3-4-24(31)32)13-10-19(18)14-20;/h5-8,14-15,17H,3-4,9-13H2,1-2H3,(H,31,32);/q;+1/p-1. The van der Waals surface area contributed by atoms with Crippen LogP contribution in [0, 0.1) is 11.3 Å². The minimum Gasteiger partial charge on any atom is -0.550 e. The van der Waals surface area contributed by atoms with Crippen LogP contribution in [0.4, 0.5) is 0 Å². The Labute approximate surface area is 227 Å². The summed E-state index contributed by atoms with van der Waals surface area (Å²) in [6, 6.07) is 13.6. The molecule has 0 radical (unpaired) electrons. The number of hydrogen-bond acceptors (Lipinski definition) is 8. The number of carboxylic acids is 1. The van der Waals surface area contributed by atoms with Gasteiger partial charge in [0, 0.05) is 30.2 Å². The number of carbonyl (C=O) groups excluding carboxylic acids is 1. The predicted molar refractivity (Wildman–Crippen MR) is 124 cm³/mol. The van der Waals surface area contributed by atoms with Gasteiger partial charge in [-0.2, -0.15) is 10.2 Å². The SMILES string of the molecule is CC(C)Oc1ccc(-c2nc(-c3ccc4c(c3)CCN(CCCC(=O)[O-])CC4)no2)cc1C#N.[Na+]. The van der Waals surface area contributed by atoms with Gasteiger partial charge in [0.1, 0.15) is 11.8 Å². The molecule has 0 bridgehead atoms. The van der Waals surface area contributed by atoms with E-state index in [1.807, 2.05) is 26.0 Å². The third kappa shape index (κ3) is 6.92. The van der Waals surface area contributed by atoms with Crippen molar-refractivity contribution in [1.29, 1.82) is 5.26 Å². The fraction of sp³-hybridized carbons (Fsp3) is 0.385. The van der Waals surface area contributed by atoms with Crippen molar-refractivity contribution in [2.75, 3.05) is 19.6 Å². The molecule has 0 atom stereocenters. The van der Waals surface area contributed by atoms with E-state index in [2.05, 4.69) is 33.2 Å². The van der Waals surface area contributed by atoms with E-state index in [0.717, 1.165) is 38.0 Å². The number of nitriles is 1. The average Bonchev–Trinajstić information content (AvgIpc) is 3.22. The van der Waals surface area contributed by atoms with Crippen LogP contribution < -0.4 is 39.4 Å². The van der Waals surface area contributed by atoms with Crippen molar-refractivity contribution in [1.82, 2.24) is 15.0 Å². The summed E-state index contributed by atoms with van der Waals surface area (Å²) in [5.74, 6) is 0.372. The molecule has 1 aliphatic heterocycles. The Kier molecular flexibility index (Phi) is 9.47. The van der Waals surface area contributed by atoms with E-state index < -0.39 is 5.97 Å². The molecule has 2 aromatic carbocycles. The Bertz CT molecular complexity index is 1220. The van der Waals surface area contributed by atoms with Gasteiger partial charge in [-0.25, -0.2) is 0 Å². The van der Waals surface area contributed by atoms with Gasteiger partial charge in [-0.05, 0) is 81.5 Å². The molecule has 1 aromatic heterocycles. The second-order valence-corrected chi connectivity index (χ2v) is 8.71. The predicted octanol–water partition coefficient (Wildman–Crippen LogP) is -0.00282. The molecule has 1 aliphatic rings. The minimum atomic E-state index is -0.995.